The molecule has 2 amide bonds. The summed E-state index contributed by atoms with van der Waals surface area (Å²) in [5, 5.41) is 0. The van der Waals surface area contributed by atoms with Crippen LogP contribution in [0.1, 0.15) is 0 Å². The summed E-state index contributed by atoms with van der Waals surface area (Å²) < 4.78 is 1.12. The molecule has 0 aromatic rings. The summed E-state index contributed by atoms with van der Waals surface area (Å²) in [4.78, 5) is 9.80. The fourth-order valence-electron chi connectivity index (χ4n) is 0. The van der Waals surface area contributed by atoms with E-state index >= 15 is 0 Å². The summed E-state index contributed by atoms with van der Waals surface area (Å²) >= 11 is 2.80. The highest BCUT2D eigenvalue weighted by Crippen LogP contribution is 1.86. The molecule has 0 spiro atoms. The molecule has 0 heterocycles. The van der Waals surface area contributed by atoms with Crippen LogP contribution >= 0.6 is 16.1 Å². The maximum atomic E-state index is 9.80. The van der Waals surface area contributed by atoms with Gasteiger partial charge in [0.1, 0.15) is 0 Å². The molecule has 6 heavy (non-hydrogen) atoms. The zero-order valence-corrected chi connectivity index (χ0v) is 4.90. The number of carbonyl (C=O) groups excluding carboxylic acids is 1. The molecule has 0 aromatic heterocycles. The first kappa shape index (κ1) is 5.75. The number of halogens is 1. The van der Waals surface area contributed by atoms with E-state index in [4.69, 9.17) is 0 Å². The fourth-order valence-corrected chi connectivity index (χ4v) is 0. The number of carbonyl (C=O) groups is 1. The lowest BCUT2D eigenvalue weighted by Gasteiger charge is -1.97. The average Bonchev–Trinajstić information content (AvgIpc) is 1.36. The Morgan fingerprint density at radius 1 is 2.00 bits per heavy atom. The molecule has 0 fully saturated rings. The van der Waals surface area contributed by atoms with E-state index in [9.17, 15) is 4.79 Å². The van der Waals surface area contributed by atoms with Crippen LogP contribution in [-0.2, 0) is 0 Å². The molecule has 0 atom stereocenters. The number of hydrogen-bond donors (Lipinski definition) is 1. The maximum absolute atomic E-state index is 9.80. The topological polar surface area (TPSA) is 46.3 Å². The summed E-state index contributed by atoms with van der Waals surface area (Å²) in [6, 6.07) is -0.491. The average molecular weight is 153 g/mol. The summed E-state index contributed by atoms with van der Waals surface area (Å²) in [6.07, 6.45) is 0. The van der Waals surface area contributed by atoms with Gasteiger partial charge in [0, 0.05) is 7.05 Å². The third-order valence-electron chi connectivity index (χ3n) is 0.304. The minimum absolute atomic E-state index is 0.491. The summed E-state index contributed by atoms with van der Waals surface area (Å²) in [7, 11) is 1.52. The second kappa shape index (κ2) is 2.02. The number of nitrogens with zero attached hydrogens (tertiary/aromatic N) is 1. The van der Waals surface area contributed by atoms with E-state index in [1.54, 1.807) is 0 Å². The van der Waals surface area contributed by atoms with Gasteiger partial charge in [-0.15, -0.1) is 0 Å². The van der Waals surface area contributed by atoms with Gasteiger partial charge in [-0.2, -0.15) is 0 Å². The van der Waals surface area contributed by atoms with Crippen molar-refractivity contribution in [2.75, 3.05) is 7.05 Å². The molecule has 0 saturated heterocycles. The van der Waals surface area contributed by atoms with Crippen molar-refractivity contribution in [1.29, 1.82) is 0 Å². The molecule has 0 bridgehead atoms. The molecule has 2 N–H and O–H groups in total. The van der Waals surface area contributed by atoms with Gasteiger partial charge in [-0.3, -0.25) is 3.93 Å². The van der Waals surface area contributed by atoms with Crippen LogP contribution in [0.4, 0.5) is 4.79 Å². The van der Waals surface area contributed by atoms with Gasteiger partial charge in [0.05, 0.1) is 16.1 Å². The maximum Gasteiger partial charge on any atom is 0.324 e. The van der Waals surface area contributed by atoms with Crippen LogP contribution < -0.4 is 5.73 Å². The number of amides is 2. The number of nitrogens with two attached hydrogens (primary N) is 1. The molecule has 0 aliphatic rings. The number of primary amides is 1. The molecule has 36 valence electrons. The Morgan fingerprint density at radius 3 is 2.17 bits per heavy atom. The summed E-state index contributed by atoms with van der Waals surface area (Å²) in [5.74, 6) is 0. The third-order valence-corrected chi connectivity index (χ3v) is 0.653. The van der Waals surface area contributed by atoms with E-state index in [-0.39, 0.29) is 0 Å². The monoisotopic (exact) mass is 152 g/mol. The molecule has 0 aromatic carbocycles. The number of urea groups is 1. The molecule has 3 nitrogen and oxygen atoms in total. The first-order valence-corrected chi connectivity index (χ1v) is 2.04. The van der Waals surface area contributed by atoms with E-state index in [0.29, 0.717) is 0 Å². The van der Waals surface area contributed by atoms with Gasteiger partial charge >= 0.3 is 6.03 Å². The quantitative estimate of drug-likeness (QED) is 0.500. The lowest BCUT2D eigenvalue weighted by Crippen LogP contribution is -2.22. The van der Waals surface area contributed by atoms with Gasteiger partial charge in [0.15, 0.2) is 0 Å². The minimum Gasteiger partial charge on any atom is -0.351 e. The van der Waals surface area contributed by atoms with Crippen molar-refractivity contribution in [3.63, 3.8) is 0 Å². The number of hydrogen-bond acceptors (Lipinski definition) is 1. The van der Waals surface area contributed by atoms with Crippen molar-refractivity contribution in [1.82, 2.24) is 3.93 Å². The van der Waals surface area contributed by atoms with Crippen molar-refractivity contribution in [3.05, 3.63) is 0 Å². The largest absolute Gasteiger partial charge is 0.351 e. The number of rotatable bonds is 0. The van der Waals surface area contributed by atoms with E-state index in [0.717, 1.165) is 3.93 Å². The normalized spacial score (nSPS) is 7.67. The molecule has 0 saturated carbocycles. The molecule has 0 rings (SSSR count). The highest BCUT2D eigenvalue weighted by Gasteiger charge is 1.91. The fraction of sp³-hybridized carbons (Fsp3) is 0.500. The van der Waals surface area contributed by atoms with E-state index < -0.39 is 6.03 Å². The van der Waals surface area contributed by atoms with Crippen LogP contribution in [0.2, 0.25) is 0 Å². The van der Waals surface area contributed by atoms with Gasteiger partial charge in [-0.25, -0.2) is 4.79 Å². The zero-order valence-electron chi connectivity index (χ0n) is 3.31. The Balaban J connectivity index is 3.26. The highest BCUT2D eigenvalue weighted by molar-refractivity contribution is 9.07. The smallest absolute Gasteiger partial charge is 0.324 e. The lowest BCUT2D eigenvalue weighted by atomic mass is 11.0. The summed E-state index contributed by atoms with van der Waals surface area (Å²) in [5.41, 5.74) is 4.68. The van der Waals surface area contributed by atoms with Gasteiger partial charge in [-0.05, 0) is 0 Å². The van der Waals surface area contributed by atoms with Crippen LogP contribution in [0.3, 0.4) is 0 Å². The first-order valence-electron chi connectivity index (χ1n) is 1.33. The van der Waals surface area contributed by atoms with Crippen molar-refractivity contribution < 1.29 is 4.79 Å². The van der Waals surface area contributed by atoms with E-state index in [1.165, 1.54) is 7.05 Å². The van der Waals surface area contributed by atoms with Gasteiger partial charge in [0.25, 0.3) is 0 Å². The Kier molecular flexibility index (Phi) is 1.94. The molecular formula is C2H5BrN2O. The third kappa shape index (κ3) is 2.02. The van der Waals surface area contributed by atoms with Gasteiger partial charge in [-0.1, -0.05) is 0 Å². The Hall–Kier alpha value is -0.250. The van der Waals surface area contributed by atoms with Crippen molar-refractivity contribution in [2.24, 2.45) is 5.73 Å². The van der Waals surface area contributed by atoms with Gasteiger partial charge in [0.2, 0.25) is 0 Å². The van der Waals surface area contributed by atoms with E-state index in [1.807, 2.05) is 0 Å². The SMILES string of the molecule is CN(Br)C(N)=O. The van der Waals surface area contributed by atoms with Gasteiger partial charge < -0.3 is 5.73 Å². The van der Waals surface area contributed by atoms with E-state index in [2.05, 4.69) is 21.9 Å². The Bertz CT molecular complexity index is 62.6. The Morgan fingerprint density at radius 2 is 2.17 bits per heavy atom. The molecule has 0 aliphatic carbocycles. The predicted octanol–water partition coefficient (Wildman–Crippen LogP) is 0.307. The standard InChI is InChI=1S/C2H5BrN2O/c1-5(3)2(4)6/h1H3,(H2,4,6). The molecule has 0 aliphatic heterocycles. The second-order valence-corrected chi connectivity index (χ2v) is 1.88. The van der Waals surface area contributed by atoms with Crippen LogP contribution in [0.25, 0.3) is 0 Å². The minimum atomic E-state index is -0.491. The zero-order chi connectivity index (χ0) is 5.15. The molecule has 4 heteroatoms. The van der Waals surface area contributed by atoms with Crippen LogP contribution in [0.5, 0.6) is 0 Å². The lowest BCUT2D eigenvalue weighted by molar-refractivity contribution is 0.240. The molecule has 0 unspecified atom stereocenters. The van der Waals surface area contributed by atoms with Crippen molar-refractivity contribution in [2.45, 2.75) is 0 Å². The molecular weight excluding hydrogens is 148 g/mol. The first-order chi connectivity index (χ1) is 2.64. The van der Waals surface area contributed by atoms with Crippen LogP contribution in [0, 0.1) is 0 Å². The highest BCUT2D eigenvalue weighted by atomic mass is 79.9. The van der Waals surface area contributed by atoms with Crippen LogP contribution in [0.15, 0.2) is 0 Å². The second-order valence-electron chi connectivity index (χ2n) is 0.815. The predicted molar refractivity (Wildman–Crippen MR) is 26.3 cm³/mol. The summed E-state index contributed by atoms with van der Waals surface area (Å²) in [6.45, 7) is 0. The molecule has 0 radical (unpaired) electrons. The van der Waals surface area contributed by atoms with Crippen molar-refractivity contribution >= 4 is 22.2 Å². The van der Waals surface area contributed by atoms with Crippen molar-refractivity contribution in [3.8, 4) is 0 Å². The van der Waals surface area contributed by atoms with Crippen LogP contribution in [-0.4, -0.2) is 17.0 Å². The Labute approximate surface area is 44.4 Å².